The molecule has 2 aliphatic rings. The minimum absolute atomic E-state index is 0.135. The molecule has 26 heavy (non-hydrogen) atoms. The van der Waals surface area contributed by atoms with Gasteiger partial charge in [0.2, 0.25) is 5.91 Å². The Kier molecular flexibility index (Phi) is 4.32. The molecule has 0 fully saturated rings. The van der Waals surface area contributed by atoms with Crippen molar-refractivity contribution in [3.05, 3.63) is 42.5 Å². The number of hydrogen-bond acceptors (Lipinski definition) is 5. The van der Waals surface area contributed by atoms with E-state index in [1.807, 2.05) is 24.3 Å². The van der Waals surface area contributed by atoms with Crippen molar-refractivity contribution in [3.8, 4) is 5.75 Å². The standard InChI is InChI=1S/C18H18N2O4S2/c1-13(21)19-8-10-24-17-7-6-14(12-16(17)19)26(22,23)20-9-11-25-18-5-3-2-4-15(18)20/h2-7,12H,8-11H2,1H3. The summed E-state index contributed by atoms with van der Waals surface area (Å²) >= 11 is 1.65. The molecular weight excluding hydrogens is 372 g/mol. The predicted octanol–water partition coefficient (Wildman–Crippen LogP) is 2.73. The number of fused-ring (bicyclic) bond motifs is 2. The maximum atomic E-state index is 13.3. The maximum Gasteiger partial charge on any atom is 0.264 e. The summed E-state index contributed by atoms with van der Waals surface area (Å²) in [5.74, 6) is 1.09. The molecule has 0 aromatic heterocycles. The number of ether oxygens (including phenoxy) is 1. The van der Waals surface area contributed by atoms with Crippen molar-refractivity contribution in [3.63, 3.8) is 0 Å². The second kappa shape index (κ2) is 6.51. The molecule has 4 rings (SSSR count). The van der Waals surface area contributed by atoms with Gasteiger partial charge in [-0.3, -0.25) is 9.10 Å². The summed E-state index contributed by atoms with van der Waals surface area (Å²) < 4.78 is 33.6. The summed E-state index contributed by atoms with van der Waals surface area (Å²) in [4.78, 5) is 14.6. The smallest absolute Gasteiger partial charge is 0.264 e. The fraction of sp³-hybridized carbons (Fsp3) is 0.278. The SMILES string of the molecule is CC(=O)N1CCOc2ccc(S(=O)(=O)N3CCSc4ccccc43)cc21. The zero-order chi connectivity index (χ0) is 18.3. The van der Waals surface area contributed by atoms with Crippen molar-refractivity contribution in [2.45, 2.75) is 16.7 Å². The van der Waals surface area contributed by atoms with Crippen LogP contribution in [0, 0.1) is 0 Å². The van der Waals surface area contributed by atoms with Gasteiger partial charge in [-0.2, -0.15) is 0 Å². The van der Waals surface area contributed by atoms with Crippen LogP contribution in [-0.4, -0.2) is 39.8 Å². The molecule has 2 aromatic carbocycles. The van der Waals surface area contributed by atoms with E-state index in [0.717, 1.165) is 4.90 Å². The molecule has 0 atom stereocenters. The van der Waals surface area contributed by atoms with Crippen molar-refractivity contribution >= 4 is 39.1 Å². The molecule has 136 valence electrons. The molecule has 0 saturated heterocycles. The van der Waals surface area contributed by atoms with Crippen molar-refractivity contribution < 1.29 is 17.9 Å². The Morgan fingerprint density at radius 1 is 1.12 bits per heavy atom. The fourth-order valence-electron chi connectivity index (χ4n) is 3.21. The van der Waals surface area contributed by atoms with Crippen LogP contribution in [0.3, 0.4) is 0 Å². The summed E-state index contributed by atoms with van der Waals surface area (Å²) in [6, 6.07) is 12.2. The molecule has 0 radical (unpaired) electrons. The van der Waals surface area contributed by atoms with Crippen LogP contribution in [0.2, 0.25) is 0 Å². The summed E-state index contributed by atoms with van der Waals surface area (Å²) in [5, 5.41) is 0. The van der Waals surface area contributed by atoms with E-state index >= 15 is 0 Å². The van der Waals surface area contributed by atoms with E-state index in [-0.39, 0.29) is 10.8 Å². The summed E-state index contributed by atoms with van der Waals surface area (Å²) in [7, 11) is -3.73. The minimum Gasteiger partial charge on any atom is -0.490 e. The zero-order valence-electron chi connectivity index (χ0n) is 14.2. The third kappa shape index (κ3) is 2.83. The molecule has 6 nitrogen and oxygen atoms in total. The molecule has 2 aromatic rings. The summed E-state index contributed by atoms with van der Waals surface area (Å²) in [5.41, 5.74) is 1.20. The number of anilines is 2. The zero-order valence-corrected chi connectivity index (χ0v) is 15.8. The lowest BCUT2D eigenvalue weighted by atomic mass is 10.2. The number of hydrogen-bond donors (Lipinski definition) is 0. The highest BCUT2D eigenvalue weighted by molar-refractivity contribution is 8.00. The van der Waals surface area contributed by atoms with E-state index in [1.165, 1.54) is 17.3 Å². The normalized spacial score (nSPS) is 16.5. The van der Waals surface area contributed by atoms with Gasteiger partial charge in [-0.1, -0.05) is 12.1 Å². The largest absolute Gasteiger partial charge is 0.490 e. The molecule has 0 saturated carbocycles. The topological polar surface area (TPSA) is 66.9 Å². The van der Waals surface area contributed by atoms with Crippen LogP contribution in [0.5, 0.6) is 5.75 Å². The van der Waals surface area contributed by atoms with Crippen molar-refractivity contribution in [1.82, 2.24) is 0 Å². The number of sulfonamides is 1. The van der Waals surface area contributed by atoms with Crippen LogP contribution < -0.4 is 13.9 Å². The van der Waals surface area contributed by atoms with E-state index in [1.54, 1.807) is 28.8 Å². The Balaban J connectivity index is 1.79. The third-order valence-corrected chi connectivity index (χ3v) is 7.30. The molecule has 2 aliphatic heterocycles. The van der Waals surface area contributed by atoms with Gasteiger partial charge in [0, 0.05) is 24.1 Å². The monoisotopic (exact) mass is 390 g/mol. The number of amides is 1. The molecule has 0 N–H and O–H groups in total. The van der Waals surface area contributed by atoms with Crippen molar-refractivity contribution in [2.75, 3.05) is 34.7 Å². The van der Waals surface area contributed by atoms with Gasteiger partial charge in [0.05, 0.1) is 22.8 Å². The lowest BCUT2D eigenvalue weighted by Gasteiger charge is -2.32. The van der Waals surface area contributed by atoms with Gasteiger partial charge in [0.1, 0.15) is 12.4 Å². The van der Waals surface area contributed by atoms with Crippen LogP contribution in [0.4, 0.5) is 11.4 Å². The van der Waals surface area contributed by atoms with Gasteiger partial charge in [0.25, 0.3) is 10.0 Å². The number of carbonyl (C=O) groups excluding carboxylic acids is 1. The Bertz CT molecular complexity index is 975. The highest BCUT2D eigenvalue weighted by Crippen LogP contribution is 2.39. The van der Waals surface area contributed by atoms with Gasteiger partial charge in [-0.05, 0) is 30.3 Å². The van der Waals surface area contributed by atoms with Crippen molar-refractivity contribution in [1.29, 1.82) is 0 Å². The Hall–Kier alpha value is -2.19. The quantitative estimate of drug-likeness (QED) is 0.789. The van der Waals surface area contributed by atoms with E-state index in [2.05, 4.69) is 0 Å². The molecule has 1 amide bonds. The third-order valence-electron chi connectivity index (χ3n) is 4.45. The van der Waals surface area contributed by atoms with Gasteiger partial charge < -0.3 is 9.64 Å². The molecule has 0 aliphatic carbocycles. The summed E-state index contributed by atoms with van der Waals surface area (Å²) in [6.45, 7) is 2.69. The van der Waals surface area contributed by atoms with E-state index in [0.29, 0.717) is 42.6 Å². The van der Waals surface area contributed by atoms with Gasteiger partial charge in [-0.25, -0.2) is 8.42 Å². The van der Waals surface area contributed by atoms with Crippen LogP contribution in [0.15, 0.2) is 52.3 Å². The van der Waals surface area contributed by atoms with Crippen LogP contribution in [0.1, 0.15) is 6.92 Å². The second-order valence-electron chi connectivity index (χ2n) is 6.04. The number of para-hydroxylation sites is 1. The maximum absolute atomic E-state index is 13.3. The first-order chi connectivity index (χ1) is 12.5. The molecule has 8 heteroatoms. The highest BCUT2D eigenvalue weighted by atomic mass is 32.2. The first-order valence-electron chi connectivity index (χ1n) is 8.28. The average molecular weight is 390 g/mol. The number of benzene rings is 2. The Morgan fingerprint density at radius 2 is 1.92 bits per heavy atom. The number of carbonyl (C=O) groups is 1. The number of thioether (sulfide) groups is 1. The number of nitrogens with zero attached hydrogens (tertiary/aromatic N) is 2. The first-order valence-corrected chi connectivity index (χ1v) is 10.7. The predicted molar refractivity (Wildman–Crippen MR) is 102 cm³/mol. The molecule has 0 bridgehead atoms. The van der Waals surface area contributed by atoms with Crippen LogP contribution >= 0.6 is 11.8 Å². The van der Waals surface area contributed by atoms with E-state index in [4.69, 9.17) is 4.74 Å². The minimum atomic E-state index is -3.73. The number of rotatable bonds is 2. The average Bonchev–Trinajstić information content (AvgIpc) is 2.66. The lowest BCUT2D eigenvalue weighted by Crippen LogP contribution is -2.37. The van der Waals surface area contributed by atoms with Crippen LogP contribution in [0.25, 0.3) is 0 Å². The fourth-order valence-corrected chi connectivity index (χ4v) is 5.88. The van der Waals surface area contributed by atoms with Gasteiger partial charge >= 0.3 is 0 Å². The van der Waals surface area contributed by atoms with Crippen LogP contribution in [-0.2, 0) is 14.8 Å². The summed E-state index contributed by atoms with van der Waals surface area (Å²) in [6.07, 6.45) is 0. The Morgan fingerprint density at radius 3 is 2.73 bits per heavy atom. The van der Waals surface area contributed by atoms with E-state index in [9.17, 15) is 13.2 Å². The second-order valence-corrected chi connectivity index (χ2v) is 9.04. The molecule has 2 heterocycles. The van der Waals surface area contributed by atoms with E-state index < -0.39 is 10.0 Å². The molecule has 0 unspecified atom stereocenters. The Labute approximate surface area is 156 Å². The molecular formula is C18H18N2O4S2. The molecule has 0 spiro atoms. The van der Waals surface area contributed by atoms with Crippen molar-refractivity contribution in [2.24, 2.45) is 0 Å². The lowest BCUT2D eigenvalue weighted by molar-refractivity contribution is -0.116. The highest BCUT2D eigenvalue weighted by Gasteiger charge is 2.31. The van der Waals surface area contributed by atoms with Gasteiger partial charge in [0.15, 0.2) is 0 Å². The van der Waals surface area contributed by atoms with Gasteiger partial charge in [-0.15, -0.1) is 11.8 Å². The first kappa shape index (κ1) is 17.2.